The van der Waals surface area contributed by atoms with Crippen molar-refractivity contribution in [3.8, 4) is 0 Å². The molecule has 1 aliphatic rings. The number of benzene rings is 1. The summed E-state index contributed by atoms with van der Waals surface area (Å²) in [6, 6.07) is 8.69. The van der Waals surface area contributed by atoms with Gasteiger partial charge < -0.3 is 0 Å². The van der Waals surface area contributed by atoms with Gasteiger partial charge in [-0.2, -0.15) is 0 Å². The van der Waals surface area contributed by atoms with Gasteiger partial charge in [-0.05, 0) is 24.0 Å². The van der Waals surface area contributed by atoms with E-state index >= 15 is 0 Å². The van der Waals surface area contributed by atoms with E-state index in [0.717, 1.165) is 12.8 Å². The smallest absolute Gasteiger partial charge is 0.0965 e. The van der Waals surface area contributed by atoms with Gasteiger partial charge >= 0.3 is 0 Å². The van der Waals surface area contributed by atoms with Crippen LogP contribution in [-0.2, 0) is 18.7 Å². The Kier molecular flexibility index (Phi) is 2.70. The molecule has 16 heavy (non-hydrogen) atoms. The average molecular weight is 250 g/mol. The number of hydrogen-bond acceptors (Lipinski definition) is 2. The van der Waals surface area contributed by atoms with E-state index in [1.165, 1.54) is 21.0 Å². The highest BCUT2D eigenvalue weighted by atomic mass is 35.5. The molecule has 3 heteroatoms. The molecule has 0 spiro atoms. The van der Waals surface area contributed by atoms with Crippen LogP contribution in [-0.4, -0.2) is 4.98 Å². The van der Waals surface area contributed by atoms with Gasteiger partial charge in [-0.1, -0.05) is 24.3 Å². The van der Waals surface area contributed by atoms with Gasteiger partial charge in [0.2, 0.25) is 0 Å². The van der Waals surface area contributed by atoms with Crippen LogP contribution in [0.1, 0.15) is 26.9 Å². The predicted octanol–water partition coefficient (Wildman–Crippen LogP) is 3.76. The fraction of sp³-hybridized carbons (Fsp3) is 0.308. The summed E-state index contributed by atoms with van der Waals surface area (Å²) in [4.78, 5) is 5.66. The van der Waals surface area contributed by atoms with Gasteiger partial charge in [0, 0.05) is 17.0 Å². The zero-order valence-electron chi connectivity index (χ0n) is 8.82. The van der Waals surface area contributed by atoms with E-state index in [1.807, 2.05) is 6.20 Å². The first-order valence-electron chi connectivity index (χ1n) is 5.44. The highest BCUT2D eigenvalue weighted by Crippen LogP contribution is 2.35. The van der Waals surface area contributed by atoms with Gasteiger partial charge in [0.25, 0.3) is 0 Å². The third-order valence-corrected chi connectivity index (χ3v) is 4.71. The third-order valence-electron chi connectivity index (χ3n) is 3.10. The van der Waals surface area contributed by atoms with E-state index in [2.05, 4.69) is 29.2 Å². The molecule has 1 nitrogen and oxygen atoms in total. The van der Waals surface area contributed by atoms with Crippen LogP contribution in [0.15, 0.2) is 30.5 Å². The predicted molar refractivity (Wildman–Crippen MR) is 68.3 cm³/mol. The SMILES string of the molecule is ClCc1cnc(C2Cc3ccccc3C2)s1. The van der Waals surface area contributed by atoms with Gasteiger partial charge in [0.05, 0.1) is 10.9 Å². The van der Waals surface area contributed by atoms with Crippen LogP contribution in [0.5, 0.6) is 0 Å². The molecule has 0 fully saturated rings. The van der Waals surface area contributed by atoms with Crippen LogP contribution in [0, 0.1) is 0 Å². The van der Waals surface area contributed by atoms with Crippen molar-refractivity contribution < 1.29 is 0 Å². The number of halogens is 1. The van der Waals surface area contributed by atoms with Crippen LogP contribution in [0.4, 0.5) is 0 Å². The maximum atomic E-state index is 5.81. The number of rotatable bonds is 2. The molecule has 1 aliphatic carbocycles. The summed E-state index contributed by atoms with van der Waals surface area (Å²) in [6.07, 6.45) is 4.17. The van der Waals surface area contributed by atoms with Gasteiger partial charge in [0.15, 0.2) is 0 Å². The van der Waals surface area contributed by atoms with E-state index in [0.29, 0.717) is 11.8 Å². The summed E-state index contributed by atoms with van der Waals surface area (Å²) >= 11 is 7.56. The van der Waals surface area contributed by atoms with E-state index in [9.17, 15) is 0 Å². The minimum absolute atomic E-state index is 0.569. The fourth-order valence-electron chi connectivity index (χ4n) is 2.31. The standard InChI is InChI=1S/C13H12ClNS/c14-7-12-8-15-13(16-12)11-5-9-3-1-2-4-10(9)6-11/h1-4,8,11H,5-7H2. The van der Waals surface area contributed by atoms with Gasteiger partial charge in [-0.25, -0.2) is 4.98 Å². The van der Waals surface area contributed by atoms with E-state index in [-0.39, 0.29) is 0 Å². The first kappa shape index (κ1) is 10.3. The van der Waals surface area contributed by atoms with Crippen molar-refractivity contribution in [1.82, 2.24) is 4.98 Å². The van der Waals surface area contributed by atoms with Crippen LogP contribution >= 0.6 is 22.9 Å². The maximum absolute atomic E-state index is 5.81. The Hall–Kier alpha value is -0.860. The average Bonchev–Trinajstić information content (AvgIpc) is 2.95. The van der Waals surface area contributed by atoms with Crippen LogP contribution in [0.25, 0.3) is 0 Å². The second-order valence-corrected chi connectivity index (χ2v) is 5.59. The summed E-state index contributed by atoms with van der Waals surface area (Å²) in [5.74, 6) is 1.15. The summed E-state index contributed by atoms with van der Waals surface area (Å²) in [5, 5.41) is 1.24. The van der Waals surface area contributed by atoms with E-state index in [1.54, 1.807) is 11.3 Å². The van der Waals surface area contributed by atoms with Gasteiger partial charge in [-0.3, -0.25) is 0 Å². The summed E-state index contributed by atoms with van der Waals surface area (Å²) in [5.41, 5.74) is 2.96. The van der Waals surface area contributed by atoms with Crippen molar-refractivity contribution in [1.29, 1.82) is 0 Å². The quantitative estimate of drug-likeness (QED) is 0.739. The zero-order chi connectivity index (χ0) is 11.0. The molecule has 0 saturated carbocycles. The Balaban J connectivity index is 1.85. The lowest BCUT2D eigenvalue weighted by molar-refractivity contribution is 0.734. The molecule has 0 N–H and O–H groups in total. The van der Waals surface area contributed by atoms with Crippen molar-refractivity contribution in [3.05, 3.63) is 51.5 Å². The Labute approximate surface area is 104 Å². The molecule has 1 heterocycles. The number of fused-ring (bicyclic) bond motifs is 1. The Morgan fingerprint density at radius 3 is 2.50 bits per heavy atom. The molecule has 1 aromatic heterocycles. The molecular weight excluding hydrogens is 238 g/mol. The van der Waals surface area contributed by atoms with E-state index < -0.39 is 0 Å². The molecule has 0 saturated heterocycles. The minimum Gasteiger partial charge on any atom is -0.249 e. The largest absolute Gasteiger partial charge is 0.249 e. The molecule has 0 radical (unpaired) electrons. The van der Waals surface area contributed by atoms with Gasteiger partial charge in [0.1, 0.15) is 0 Å². The molecule has 0 atom stereocenters. The van der Waals surface area contributed by atoms with Crippen molar-refractivity contribution in [2.45, 2.75) is 24.6 Å². The number of nitrogens with zero attached hydrogens (tertiary/aromatic N) is 1. The van der Waals surface area contributed by atoms with Crippen LogP contribution < -0.4 is 0 Å². The lowest BCUT2D eigenvalue weighted by atomic mass is 10.1. The maximum Gasteiger partial charge on any atom is 0.0965 e. The second-order valence-electron chi connectivity index (χ2n) is 4.17. The van der Waals surface area contributed by atoms with Crippen molar-refractivity contribution >= 4 is 22.9 Å². The number of hydrogen-bond donors (Lipinski definition) is 0. The number of aromatic nitrogens is 1. The Morgan fingerprint density at radius 1 is 1.25 bits per heavy atom. The molecule has 2 aromatic rings. The number of thiazole rings is 1. The van der Waals surface area contributed by atoms with Gasteiger partial charge in [-0.15, -0.1) is 22.9 Å². The Morgan fingerprint density at radius 2 is 1.94 bits per heavy atom. The molecule has 0 amide bonds. The molecule has 0 aliphatic heterocycles. The molecule has 0 bridgehead atoms. The van der Waals surface area contributed by atoms with E-state index in [4.69, 9.17) is 11.6 Å². The fourth-order valence-corrected chi connectivity index (χ4v) is 3.41. The van der Waals surface area contributed by atoms with Crippen LogP contribution in [0.2, 0.25) is 0 Å². The highest BCUT2D eigenvalue weighted by molar-refractivity contribution is 7.11. The number of alkyl halides is 1. The highest BCUT2D eigenvalue weighted by Gasteiger charge is 2.24. The normalized spacial score (nSPS) is 15.3. The second kappa shape index (κ2) is 4.19. The first-order chi connectivity index (χ1) is 7.86. The first-order valence-corrected chi connectivity index (χ1v) is 6.79. The van der Waals surface area contributed by atoms with Crippen molar-refractivity contribution in [3.63, 3.8) is 0 Å². The molecule has 1 aromatic carbocycles. The zero-order valence-corrected chi connectivity index (χ0v) is 10.4. The molecule has 0 unspecified atom stereocenters. The minimum atomic E-state index is 0.569. The summed E-state index contributed by atoms with van der Waals surface area (Å²) < 4.78 is 0. The molecular formula is C13H12ClNS. The monoisotopic (exact) mass is 249 g/mol. The van der Waals surface area contributed by atoms with Crippen molar-refractivity contribution in [2.75, 3.05) is 0 Å². The third kappa shape index (κ3) is 1.76. The topological polar surface area (TPSA) is 12.9 Å². The Bertz CT molecular complexity index is 481. The van der Waals surface area contributed by atoms with Crippen LogP contribution in [0.3, 0.4) is 0 Å². The molecule has 3 rings (SSSR count). The lowest BCUT2D eigenvalue weighted by Crippen LogP contribution is -1.96. The molecule has 82 valence electrons. The van der Waals surface area contributed by atoms with Crippen molar-refractivity contribution in [2.24, 2.45) is 0 Å². The lowest BCUT2D eigenvalue weighted by Gasteiger charge is -2.02. The summed E-state index contributed by atoms with van der Waals surface area (Å²) in [6.45, 7) is 0. The summed E-state index contributed by atoms with van der Waals surface area (Å²) in [7, 11) is 0.